The van der Waals surface area contributed by atoms with Gasteiger partial charge in [0.2, 0.25) is 0 Å². The third-order valence-electron chi connectivity index (χ3n) is 4.19. The van der Waals surface area contributed by atoms with E-state index in [0.29, 0.717) is 12.4 Å². The number of aromatic nitrogens is 2. The Morgan fingerprint density at radius 1 is 1.17 bits per heavy atom. The Labute approximate surface area is 135 Å². The second-order valence-corrected chi connectivity index (χ2v) is 5.85. The SMILES string of the molecule is CCCc1cnc(COc2ccc(F)cc2)c2[nH]c(C)c(C)c12. The molecule has 0 aliphatic heterocycles. The summed E-state index contributed by atoms with van der Waals surface area (Å²) in [5, 5.41) is 1.26. The van der Waals surface area contributed by atoms with Gasteiger partial charge in [-0.2, -0.15) is 0 Å². The normalized spacial score (nSPS) is 11.1. The van der Waals surface area contributed by atoms with Gasteiger partial charge in [-0.3, -0.25) is 4.98 Å². The van der Waals surface area contributed by atoms with Gasteiger partial charge < -0.3 is 9.72 Å². The van der Waals surface area contributed by atoms with Crippen LogP contribution in [0, 0.1) is 19.7 Å². The summed E-state index contributed by atoms with van der Waals surface area (Å²) >= 11 is 0. The van der Waals surface area contributed by atoms with Crippen molar-refractivity contribution < 1.29 is 9.13 Å². The zero-order valence-electron chi connectivity index (χ0n) is 13.7. The highest BCUT2D eigenvalue weighted by Crippen LogP contribution is 2.28. The number of hydrogen-bond acceptors (Lipinski definition) is 2. The van der Waals surface area contributed by atoms with Gasteiger partial charge in [0.1, 0.15) is 23.9 Å². The molecule has 0 saturated carbocycles. The highest BCUT2D eigenvalue weighted by molar-refractivity contribution is 5.89. The fourth-order valence-electron chi connectivity index (χ4n) is 2.87. The van der Waals surface area contributed by atoms with Crippen molar-refractivity contribution in [3.63, 3.8) is 0 Å². The Kier molecular flexibility index (Phi) is 4.33. The van der Waals surface area contributed by atoms with Crippen molar-refractivity contribution in [1.82, 2.24) is 9.97 Å². The van der Waals surface area contributed by atoms with E-state index in [-0.39, 0.29) is 5.82 Å². The van der Waals surface area contributed by atoms with Crippen LogP contribution in [0.25, 0.3) is 10.9 Å². The third kappa shape index (κ3) is 3.07. The van der Waals surface area contributed by atoms with Crippen LogP contribution in [0.3, 0.4) is 0 Å². The van der Waals surface area contributed by atoms with Crippen molar-refractivity contribution in [2.45, 2.75) is 40.2 Å². The van der Waals surface area contributed by atoms with Crippen LogP contribution in [-0.4, -0.2) is 9.97 Å². The van der Waals surface area contributed by atoms with Crippen LogP contribution in [0.1, 0.15) is 35.9 Å². The number of fused-ring (bicyclic) bond motifs is 1. The number of H-pyrrole nitrogens is 1. The Hall–Kier alpha value is -2.36. The lowest BCUT2D eigenvalue weighted by molar-refractivity contribution is 0.302. The average Bonchev–Trinajstić information content (AvgIpc) is 2.84. The second-order valence-electron chi connectivity index (χ2n) is 5.85. The first kappa shape index (κ1) is 15.5. The maximum atomic E-state index is 12.9. The summed E-state index contributed by atoms with van der Waals surface area (Å²) < 4.78 is 18.7. The monoisotopic (exact) mass is 312 g/mol. The Morgan fingerprint density at radius 2 is 1.91 bits per heavy atom. The number of pyridine rings is 1. The first-order valence-corrected chi connectivity index (χ1v) is 7.94. The van der Waals surface area contributed by atoms with Crippen molar-refractivity contribution in [2.75, 3.05) is 0 Å². The number of hydrogen-bond donors (Lipinski definition) is 1. The zero-order chi connectivity index (χ0) is 16.4. The van der Waals surface area contributed by atoms with Gasteiger partial charge in [-0.1, -0.05) is 13.3 Å². The van der Waals surface area contributed by atoms with Crippen molar-refractivity contribution in [3.05, 3.63) is 58.8 Å². The zero-order valence-corrected chi connectivity index (χ0v) is 13.7. The van der Waals surface area contributed by atoms with Gasteiger partial charge in [-0.15, -0.1) is 0 Å². The van der Waals surface area contributed by atoms with Gasteiger partial charge in [0.15, 0.2) is 0 Å². The fourth-order valence-corrected chi connectivity index (χ4v) is 2.87. The van der Waals surface area contributed by atoms with Gasteiger partial charge in [-0.05, 0) is 55.7 Å². The molecule has 0 atom stereocenters. The van der Waals surface area contributed by atoms with Crippen molar-refractivity contribution in [3.8, 4) is 5.75 Å². The molecule has 120 valence electrons. The average molecular weight is 312 g/mol. The molecule has 2 aromatic heterocycles. The molecule has 0 aliphatic carbocycles. The molecule has 2 heterocycles. The first-order valence-electron chi connectivity index (χ1n) is 7.94. The molecule has 0 bridgehead atoms. The van der Waals surface area contributed by atoms with Crippen molar-refractivity contribution in [2.24, 2.45) is 0 Å². The highest BCUT2D eigenvalue weighted by Gasteiger charge is 2.14. The van der Waals surface area contributed by atoms with Crippen LogP contribution < -0.4 is 4.74 Å². The van der Waals surface area contributed by atoms with E-state index in [4.69, 9.17) is 4.74 Å². The second kappa shape index (κ2) is 6.41. The molecule has 0 spiro atoms. The minimum absolute atomic E-state index is 0.266. The number of benzene rings is 1. The largest absolute Gasteiger partial charge is 0.487 e. The van der Waals surface area contributed by atoms with E-state index in [1.165, 1.54) is 28.6 Å². The molecule has 0 saturated heterocycles. The lowest BCUT2D eigenvalue weighted by atomic mass is 10.0. The number of rotatable bonds is 5. The summed E-state index contributed by atoms with van der Waals surface area (Å²) in [6.45, 7) is 6.74. The molecular formula is C19H21FN2O. The molecule has 3 rings (SSSR count). The maximum absolute atomic E-state index is 12.9. The number of aromatic amines is 1. The summed E-state index contributed by atoms with van der Waals surface area (Å²) in [4.78, 5) is 8.02. The number of nitrogens with one attached hydrogen (secondary N) is 1. The van der Waals surface area contributed by atoms with E-state index in [2.05, 4.69) is 30.7 Å². The van der Waals surface area contributed by atoms with E-state index >= 15 is 0 Å². The van der Waals surface area contributed by atoms with Crippen LogP contribution in [0.15, 0.2) is 30.5 Å². The molecule has 0 fully saturated rings. The maximum Gasteiger partial charge on any atom is 0.132 e. The highest BCUT2D eigenvalue weighted by atomic mass is 19.1. The molecule has 3 aromatic rings. The van der Waals surface area contributed by atoms with Crippen LogP contribution >= 0.6 is 0 Å². The minimum atomic E-state index is -0.266. The molecule has 1 aromatic carbocycles. The number of halogens is 1. The summed E-state index contributed by atoms with van der Waals surface area (Å²) in [6.07, 6.45) is 4.06. The van der Waals surface area contributed by atoms with Crippen LogP contribution in [0.5, 0.6) is 5.75 Å². The smallest absolute Gasteiger partial charge is 0.132 e. The molecule has 0 radical (unpaired) electrons. The first-order chi connectivity index (χ1) is 11.1. The summed E-state index contributed by atoms with van der Waals surface area (Å²) in [5.41, 5.74) is 5.63. The van der Waals surface area contributed by atoms with E-state index < -0.39 is 0 Å². The van der Waals surface area contributed by atoms with E-state index in [1.807, 2.05) is 6.20 Å². The molecular weight excluding hydrogens is 291 g/mol. The Morgan fingerprint density at radius 3 is 2.61 bits per heavy atom. The molecule has 0 unspecified atom stereocenters. The van der Waals surface area contributed by atoms with E-state index in [1.54, 1.807) is 12.1 Å². The van der Waals surface area contributed by atoms with Crippen LogP contribution in [0.4, 0.5) is 4.39 Å². The topological polar surface area (TPSA) is 37.9 Å². The number of aryl methyl sites for hydroxylation is 3. The third-order valence-corrected chi connectivity index (χ3v) is 4.19. The van der Waals surface area contributed by atoms with Gasteiger partial charge in [0.25, 0.3) is 0 Å². The number of nitrogens with zero attached hydrogens (tertiary/aromatic N) is 1. The summed E-state index contributed by atoms with van der Waals surface area (Å²) in [7, 11) is 0. The standard InChI is InChI=1S/C19H21FN2O/c1-4-5-14-10-21-17(19-18(14)12(2)13(3)22-19)11-23-16-8-6-15(20)7-9-16/h6-10,22H,4-5,11H2,1-3H3. The van der Waals surface area contributed by atoms with Gasteiger partial charge >= 0.3 is 0 Å². The number of ether oxygens (including phenoxy) is 1. The molecule has 0 aliphatic rings. The van der Waals surface area contributed by atoms with E-state index in [9.17, 15) is 4.39 Å². The van der Waals surface area contributed by atoms with Crippen molar-refractivity contribution in [1.29, 1.82) is 0 Å². The molecule has 3 nitrogen and oxygen atoms in total. The summed E-state index contributed by atoms with van der Waals surface area (Å²) in [5.74, 6) is 0.372. The van der Waals surface area contributed by atoms with Crippen molar-refractivity contribution >= 4 is 10.9 Å². The van der Waals surface area contributed by atoms with Gasteiger partial charge in [-0.25, -0.2) is 4.39 Å². The predicted molar refractivity (Wildman–Crippen MR) is 90.3 cm³/mol. The lowest BCUT2D eigenvalue weighted by Crippen LogP contribution is -2.01. The summed E-state index contributed by atoms with van der Waals surface area (Å²) in [6, 6.07) is 6.05. The van der Waals surface area contributed by atoms with Gasteiger partial charge in [0, 0.05) is 17.3 Å². The molecule has 0 amide bonds. The van der Waals surface area contributed by atoms with Gasteiger partial charge in [0.05, 0.1) is 5.52 Å². The predicted octanol–water partition coefficient (Wildman–Crippen LogP) is 4.85. The van der Waals surface area contributed by atoms with E-state index in [0.717, 1.165) is 29.7 Å². The lowest BCUT2D eigenvalue weighted by Gasteiger charge is -2.09. The molecule has 4 heteroatoms. The quantitative estimate of drug-likeness (QED) is 0.731. The van der Waals surface area contributed by atoms with Crippen LogP contribution in [0.2, 0.25) is 0 Å². The fraction of sp³-hybridized carbons (Fsp3) is 0.316. The molecule has 23 heavy (non-hydrogen) atoms. The minimum Gasteiger partial charge on any atom is -0.487 e. The van der Waals surface area contributed by atoms with Crippen LogP contribution in [-0.2, 0) is 13.0 Å². The Balaban J connectivity index is 1.93. The molecule has 1 N–H and O–H groups in total. The Bertz CT molecular complexity index is 821.